The van der Waals surface area contributed by atoms with Crippen molar-refractivity contribution in [2.75, 3.05) is 6.79 Å². The molecule has 12 heteroatoms. The third-order valence-corrected chi connectivity index (χ3v) is 7.76. The van der Waals surface area contributed by atoms with Gasteiger partial charge >= 0.3 is 0 Å². The zero-order chi connectivity index (χ0) is 25.2. The standard InChI is InChI=1S/C25H18ClN5O4S2/c26-16-4-1-2-5-18(16)31-23(20-6-3-9-33-20)29-30-25(31)37-13-22-28-17(12-36-22)24(32)27-11-15-7-8-19-21(10-15)35-14-34-19/h1-10,12H,11,13-14H2,(H,27,32). The summed E-state index contributed by atoms with van der Waals surface area (Å²) in [6.07, 6.45) is 1.59. The van der Waals surface area contributed by atoms with Gasteiger partial charge in [-0.15, -0.1) is 21.5 Å². The Morgan fingerprint density at radius 1 is 1.11 bits per heavy atom. The summed E-state index contributed by atoms with van der Waals surface area (Å²) in [6.45, 7) is 0.567. The van der Waals surface area contributed by atoms with Crippen molar-refractivity contribution in [2.24, 2.45) is 0 Å². The molecule has 0 unspecified atom stereocenters. The number of carbonyl (C=O) groups excluding carboxylic acids is 1. The van der Waals surface area contributed by atoms with E-state index < -0.39 is 0 Å². The Kier molecular flexibility index (Phi) is 6.56. The van der Waals surface area contributed by atoms with E-state index in [0.717, 1.165) is 16.3 Å². The molecule has 0 fully saturated rings. The second-order valence-electron chi connectivity index (χ2n) is 7.86. The van der Waals surface area contributed by atoms with Crippen LogP contribution < -0.4 is 14.8 Å². The molecule has 186 valence electrons. The average Bonchev–Trinajstić information content (AvgIpc) is 3.72. The highest BCUT2D eigenvalue weighted by molar-refractivity contribution is 7.98. The lowest BCUT2D eigenvalue weighted by molar-refractivity contribution is 0.0946. The van der Waals surface area contributed by atoms with Gasteiger partial charge in [-0.2, -0.15) is 0 Å². The van der Waals surface area contributed by atoms with E-state index in [9.17, 15) is 4.79 Å². The van der Waals surface area contributed by atoms with Crippen molar-refractivity contribution in [2.45, 2.75) is 17.5 Å². The number of furan rings is 1. The molecule has 0 bridgehead atoms. The van der Waals surface area contributed by atoms with Crippen LogP contribution in [0.15, 0.2) is 75.8 Å². The summed E-state index contributed by atoms with van der Waals surface area (Å²) >= 11 is 9.35. The van der Waals surface area contributed by atoms with E-state index in [0.29, 0.717) is 51.3 Å². The largest absolute Gasteiger partial charge is 0.461 e. The number of halogens is 1. The molecule has 1 amide bonds. The van der Waals surface area contributed by atoms with Crippen LogP contribution in [0.25, 0.3) is 17.3 Å². The number of thioether (sulfide) groups is 1. The lowest BCUT2D eigenvalue weighted by Gasteiger charge is -2.10. The molecule has 0 radical (unpaired) electrons. The van der Waals surface area contributed by atoms with Crippen molar-refractivity contribution in [1.29, 1.82) is 0 Å². The van der Waals surface area contributed by atoms with Crippen molar-refractivity contribution in [3.8, 4) is 28.8 Å². The molecule has 9 nitrogen and oxygen atoms in total. The molecule has 37 heavy (non-hydrogen) atoms. The molecule has 6 rings (SSSR count). The van der Waals surface area contributed by atoms with Crippen LogP contribution in [0.5, 0.6) is 11.5 Å². The minimum Gasteiger partial charge on any atom is -0.461 e. The van der Waals surface area contributed by atoms with E-state index in [1.165, 1.54) is 23.1 Å². The average molecular weight is 552 g/mol. The van der Waals surface area contributed by atoms with Crippen LogP contribution in [-0.4, -0.2) is 32.4 Å². The smallest absolute Gasteiger partial charge is 0.271 e. The maximum atomic E-state index is 12.7. The normalized spacial score (nSPS) is 12.1. The highest BCUT2D eigenvalue weighted by Gasteiger charge is 2.21. The van der Waals surface area contributed by atoms with Gasteiger partial charge in [0.15, 0.2) is 22.4 Å². The molecule has 4 heterocycles. The van der Waals surface area contributed by atoms with E-state index in [-0.39, 0.29) is 12.7 Å². The van der Waals surface area contributed by atoms with Crippen molar-refractivity contribution >= 4 is 40.6 Å². The number of ether oxygens (including phenoxy) is 2. The summed E-state index contributed by atoms with van der Waals surface area (Å²) < 4.78 is 18.1. The minimum atomic E-state index is -0.246. The van der Waals surface area contributed by atoms with Crippen LogP contribution in [0.1, 0.15) is 21.1 Å². The van der Waals surface area contributed by atoms with Gasteiger partial charge in [-0.25, -0.2) is 4.98 Å². The predicted molar refractivity (Wildman–Crippen MR) is 139 cm³/mol. The molecule has 0 atom stereocenters. The number of amides is 1. The topological polar surface area (TPSA) is 104 Å². The first kappa shape index (κ1) is 23.6. The molecule has 2 aromatic carbocycles. The van der Waals surface area contributed by atoms with Crippen molar-refractivity contribution in [3.63, 3.8) is 0 Å². The Morgan fingerprint density at radius 3 is 2.86 bits per heavy atom. The molecule has 5 aromatic rings. The molecule has 3 aromatic heterocycles. The summed E-state index contributed by atoms with van der Waals surface area (Å²) in [6, 6.07) is 16.7. The lowest BCUT2D eigenvalue weighted by atomic mass is 10.2. The van der Waals surface area contributed by atoms with Crippen LogP contribution in [0.4, 0.5) is 0 Å². The van der Waals surface area contributed by atoms with Gasteiger partial charge < -0.3 is 19.2 Å². The van der Waals surface area contributed by atoms with Gasteiger partial charge in [-0.05, 0) is 42.0 Å². The van der Waals surface area contributed by atoms with Crippen LogP contribution >= 0.6 is 34.7 Å². The zero-order valence-electron chi connectivity index (χ0n) is 19.1. The Morgan fingerprint density at radius 2 is 2.00 bits per heavy atom. The van der Waals surface area contributed by atoms with E-state index in [4.69, 9.17) is 25.5 Å². The number of fused-ring (bicyclic) bond motifs is 1. The molecule has 0 spiro atoms. The van der Waals surface area contributed by atoms with E-state index in [2.05, 4.69) is 20.5 Å². The van der Waals surface area contributed by atoms with Crippen molar-refractivity contribution < 1.29 is 18.7 Å². The number of rotatable bonds is 8. The quantitative estimate of drug-likeness (QED) is 0.249. The zero-order valence-corrected chi connectivity index (χ0v) is 21.5. The summed E-state index contributed by atoms with van der Waals surface area (Å²) in [5.41, 5.74) is 2.02. The number of carbonyl (C=O) groups is 1. The maximum absolute atomic E-state index is 12.7. The Balaban J connectivity index is 1.15. The van der Waals surface area contributed by atoms with Gasteiger partial charge in [0.1, 0.15) is 10.7 Å². The van der Waals surface area contributed by atoms with Gasteiger partial charge in [0.05, 0.1) is 22.7 Å². The first-order valence-electron chi connectivity index (χ1n) is 11.1. The van der Waals surface area contributed by atoms with Crippen LogP contribution in [0.3, 0.4) is 0 Å². The Bertz CT molecular complexity index is 1570. The number of aromatic nitrogens is 4. The van der Waals surface area contributed by atoms with Gasteiger partial charge in [-0.3, -0.25) is 9.36 Å². The number of hydrogen-bond donors (Lipinski definition) is 1. The third kappa shape index (κ3) is 4.93. The number of hydrogen-bond acceptors (Lipinski definition) is 9. The van der Waals surface area contributed by atoms with E-state index in [1.807, 2.05) is 53.1 Å². The Labute approximate surface area is 224 Å². The first-order valence-corrected chi connectivity index (χ1v) is 13.4. The fourth-order valence-electron chi connectivity index (χ4n) is 3.71. The summed E-state index contributed by atoms with van der Waals surface area (Å²) in [5, 5.41) is 15.3. The highest BCUT2D eigenvalue weighted by atomic mass is 35.5. The molecule has 1 N–H and O–H groups in total. The van der Waals surface area contributed by atoms with E-state index in [1.54, 1.807) is 17.7 Å². The fourth-order valence-corrected chi connectivity index (χ4v) is 5.67. The number of nitrogens with zero attached hydrogens (tertiary/aromatic N) is 4. The molecule has 1 aliphatic heterocycles. The highest BCUT2D eigenvalue weighted by Crippen LogP contribution is 2.34. The van der Waals surface area contributed by atoms with Gasteiger partial charge in [-0.1, -0.05) is 41.6 Å². The minimum absolute atomic E-state index is 0.212. The third-order valence-electron chi connectivity index (χ3n) is 5.47. The molecule has 1 aliphatic rings. The number of nitrogens with one attached hydrogen (secondary N) is 1. The second kappa shape index (κ2) is 10.3. The maximum Gasteiger partial charge on any atom is 0.271 e. The SMILES string of the molecule is O=C(NCc1ccc2c(c1)OCO2)c1csc(CSc2nnc(-c3ccco3)n2-c2ccccc2Cl)n1. The van der Waals surface area contributed by atoms with Crippen molar-refractivity contribution in [3.05, 3.63) is 87.5 Å². The van der Waals surface area contributed by atoms with E-state index >= 15 is 0 Å². The van der Waals surface area contributed by atoms with Gasteiger partial charge in [0, 0.05) is 11.9 Å². The molecular formula is C25H18ClN5O4S2. The van der Waals surface area contributed by atoms with Crippen LogP contribution in [-0.2, 0) is 12.3 Å². The second-order valence-corrected chi connectivity index (χ2v) is 10.1. The molecule has 0 saturated carbocycles. The lowest BCUT2D eigenvalue weighted by Crippen LogP contribution is -2.23. The number of thiazole rings is 1. The van der Waals surface area contributed by atoms with Gasteiger partial charge in [0.25, 0.3) is 5.91 Å². The monoisotopic (exact) mass is 551 g/mol. The first-order chi connectivity index (χ1) is 18.2. The Hall–Kier alpha value is -3.80. The summed E-state index contributed by atoms with van der Waals surface area (Å²) in [5.74, 6) is 2.77. The molecule has 0 saturated heterocycles. The fraction of sp³-hybridized carbons (Fsp3) is 0.120. The predicted octanol–water partition coefficient (Wildman–Crippen LogP) is 5.59. The summed E-state index contributed by atoms with van der Waals surface area (Å²) in [7, 11) is 0. The number of benzene rings is 2. The molecule has 0 aliphatic carbocycles. The van der Waals surface area contributed by atoms with Crippen molar-refractivity contribution in [1.82, 2.24) is 25.1 Å². The van der Waals surface area contributed by atoms with Crippen LogP contribution in [0, 0.1) is 0 Å². The number of para-hydroxylation sites is 1. The van der Waals surface area contributed by atoms with Gasteiger partial charge in [0.2, 0.25) is 12.6 Å². The summed E-state index contributed by atoms with van der Waals surface area (Å²) in [4.78, 5) is 17.2. The molecular weight excluding hydrogens is 534 g/mol. The van der Waals surface area contributed by atoms with Crippen LogP contribution in [0.2, 0.25) is 5.02 Å².